The lowest BCUT2D eigenvalue weighted by Gasteiger charge is -2.13. The highest BCUT2D eigenvalue weighted by Gasteiger charge is 2.22. The molecule has 0 aliphatic rings. The molecule has 0 atom stereocenters. The number of phenols is 1. The molecule has 20 heavy (non-hydrogen) atoms. The molecule has 0 aliphatic carbocycles. The van der Waals surface area contributed by atoms with Crippen LogP contribution in [0.15, 0.2) is 40.9 Å². The van der Waals surface area contributed by atoms with E-state index in [-0.39, 0.29) is 11.3 Å². The van der Waals surface area contributed by atoms with Gasteiger partial charge in [0.2, 0.25) is 0 Å². The molecular formula is C15H13BrO4. The van der Waals surface area contributed by atoms with Crippen molar-refractivity contribution >= 4 is 21.9 Å². The van der Waals surface area contributed by atoms with Crippen LogP contribution in [0.2, 0.25) is 0 Å². The van der Waals surface area contributed by atoms with Crippen molar-refractivity contribution in [2.45, 2.75) is 6.92 Å². The Labute approximate surface area is 125 Å². The SMILES string of the molecule is COc1cc(Br)c(O)c(C(=O)Oc2ccccc2)c1C. The summed E-state index contributed by atoms with van der Waals surface area (Å²) in [7, 11) is 1.50. The van der Waals surface area contributed by atoms with Crippen LogP contribution in [0.4, 0.5) is 0 Å². The maximum absolute atomic E-state index is 12.2. The van der Waals surface area contributed by atoms with Crippen LogP contribution in [0.3, 0.4) is 0 Å². The zero-order chi connectivity index (χ0) is 14.7. The Hall–Kier alpha value is -2.01. The van der Waals surface area contributed by atoms with E-state index < -0.39 is 5.97 Å². The summed E-state index contributed by atoms with van der Waals surface area (Å²) in [6.07, 6.45) is 0. The molecule has 0 radical (unpaired) electrons. The summed E-state index contributed by atoms with van der Waals surface area (Å²) in [6, 6.07) is 10.3. The molecule has 104 valence electrons. The van der Waals surface area contributed by atoms with Crippen LogP contribution in [0, 0.1) is 6.92 Å². The predicted molar refractivity (Wildman–Crippen MR) is 78.5 cm³/mol. The molecule has 0 unspecified atom stereocenters. The first kappa shape index (κ1) is 14.4. The summed E-state index contributed by atoms with van der Waals surface area (Å²) in [5.41, 5.74) is 0.606. The van der Waals surface area contributed by atoms with E-state index in [0.29, 0.717) is 21.5 Å². The number of benzene rings is 2. The van der Waals surface area contributed by atoms with Gasteiger partial charge in [-0.15, -0.1) is 0 Å². The Morgan fingerprint density at radius 2 is 1.90 bits per heavy atom. The monoisotopic (exact) mass is 336 g/mol. The lowest BCUT2D eigenvalue weighted by Crippen LogP contribution is -2.11. The third kappa shape index (κ3) is 2.77. The van der Waals surface area contributed by atoms with E-state index in [2.05, 4.69) is 15.9 Å². The van der Waals surface area contributed by atoms with Crippen molar-refractivity contribution < 1.29 is 19.4 Å². The van der Waals surface area contributed by atoms with Gasteiger partial charge in [-0.3, -0.25) is 0 Å². The van der Waals surface area contributed by atoms with Gasteiger partial charge in [0.25, 0.3) is 0 Å². The molecule has 0 aliphatic heterocycles. The Morgan fingerprint density at radius 1 is 1.25 bits per heavy atom. The standard InChI is InChI=1S/C15H13BrO4/c1-9-12(19-2)8-11(16)14(17)13(9)15(18)20-10-6-4-3-5-7-10/h3-8,17H,1-2H3. The molecule has 0 bridgehead atoms. The van der Waals surface area contributed by atoms with Crippen molar-refractivity contribution in [3.63, 3.8) is 0 Å². The topological polar surface area (TPSA) is 55.8 Å². The van der Waals surface area contributed by atoms with Gasteiger partial charge in [-0.25, -0.2) is 4.79 Å². The molecule has 0 saturated carbocycles. The fourth-order valence-corrected chi connectivity index (χ4v) is 2.23. The molecule has 0 heterocycles. The number of esters is 1. The maximum atomic E-state index is 12.2. The molecule has 0 aromatic heterocycles. The molecule has 5 heteroatoms. The molecule has 0 fully saturated rings. The molecule has 2 aromatic rings. The average Bonchev–Trinajstić information content (AvgIpc) is 2.44. The van der Waals surface area contributed by atoms with Crippen LogP contribution in [0.1, 0.15) is 15.9 Å². The number of halogens is 1. The van der Waals surface area contributed by atoms with Crippen molar-refractivity contribution in [3.8, 4) is 17.2 Å². The lowest BCUT2D eigenvalue weighted by atomic mass is 10.1. The van der Waals surface area contributed by atoms with E-state index in [1.165, 1.54) is 7.11 Å². The summed E-state index contributed by atoms with van der Waals surface area (Å²) in [5, 5.41) is 10.0. The van der Waals surface area contributed by atoms with Crippen molar-refractivity contribution in [1.82, 2.24) is 0 Å². The van der Waals surface area contributed by atoms with Gasteiger partial charge in [0.15, 0.2) is 0 Å². The first-order chi connectivity index (χ1) is 9.54. The van der Waals surface area contributed by atoms with Gasteiger partial charge in [0.1, 0.15) is 22.8 Å². The number of phenolic OH excluding ortho intramolecular Hbond substituents is 1. The Kier molecular flexibility index (Phi) is 4.29. The largest absolute Gasteiger partial charge is 0.506 e. The van der Waals surface area contributed by atoms with E-state index in [9.17, 15) is 9.90 Å². The number of hydrogen-bond donors (Lipinski definition) is 1. The van der Waals surface area contributed by atoms with Crippen molar-refractivity contribution in [2.75, 3.05) is 7.11 Å². The molecule has 1 N–H and O–H groups in total. The van der Waals surface area contributed by atoms with Gasteiger partial charge in [-0.1, -0.05) is 18.2 Å². The highest BCUT2D eigenvalue weighted by atomic mass is 79.9. The summed E-state index contributed by atoms with van der Waals surface area (Å²) in [6.45, 7) is 1.69. The van der Waals surface area contributed by atoms with E-state index in [1.807, 2.05) is 6.07 Å². The molecule has 0 spiro atoms. The summed E-state index contributed by atoms with van der Waals surface area (Å²) in [5.74, 6) is 0.111. The molecule has 2 aromatic carbocycles. The number of methoxy groups -OCH3 is 1. The number of hydrogen-bond acceptors (Lipinski definition) is 4. The minimum Gasteiger partial charge on any atom is -0.506 e. The Morgan fingerprint density at radius 3 is 2.50 bits per heavy atom. The first-order valence-electron chi connectivity index (χ1n) is 5.88. The number of ether oxygens (including phenoxy) is 2. The number of carbonyl (C=O) groups excluding carboxylic acids is 1. The second-order valence-corrected chi connectivity index (χ2v) is 4.97. The predicted octanol–water partition coefficient (Wildman–Crippen LogP) is 3.69. The maximum Gasteiger partial charge on any atom is 0.347 e. The van der Waals surface area contributed by atoms with E-state index in [1.54, 1.807) is 37.3 Å². The number of aromatic hydroxyl groups is 1. The minimum absolute atomic E-state index is 0.0834. The third-order valence-electron chi connectivity index (χ3n) is 2.84. The molecule has 0 amide bonds. The van der Waals surface area contributed by atoms with E-state index >= 15 is 0 Å². The highest BCUT2D eigenvalue weighted by Crippen LogP contribution is 2.37. The Bertz CT molecular complexity index is 638. The normalized spacial score (nSPS) is 10.2. The second-order valence-electron chi connectivity index (χ2n) is 4.11. The third-order valence-corrected chi connectivity index (χ3v) is 3.45. The summed E-state index contributed by atoms with van der Waals surface area (Å²) >= 11 is 3.19. The van der Waals surface area contributed by atoms with Crippen molar-refractivity contribution in [3.05, 3.63) is 52.0 Å². The van der Waals surface area contributed by atoms with Crippen LogP contribution < -0.4 is 9.47 Å². The van der Waals surface area contributed by atoms with Gasteiger partial charge in [-0.05, 0) is 41.1 Å². The molecule has 2 rings (SSSR count). The van der Waals surface area contributed by atoms with Crippen molar-refractivity contribution in [1.29, 1.82) is 0 Å². The lowest BCUT2D eigenvalue weighted by molar-refractivity contribution is 0.0730. The van der Waals surface area contributed by atoms with Gasteiger partial charge in [0.05, 0.1) is 11.6 Å². The smallest absolute Gasteiger partial charge is 0.347 e. The fraction of sp³-hybridized carbons (Fsp3) is 0.133. The molecular weight excluding hydrogens is 324 g/mol. The number of carbonyl (C=O) groups is 1. The van der Waals surface area contributed by atoms with Gasteiger partial charge in [0, 0.05) is 5.56 Å². The fourth-order valence-electron chi connectivity index (χ4n) is 1.82. The zero-order valence-corrected chi connectivity index (χ0v) is 12.6. The number of para-hydroxylation sites is 1. The van der Waals surface area contributed by atoms with Crippen LogP contribution in [-0.4, -0.2) is 18.2 Å². The summed E-state index contributed by atoms with van der Waals surface area (Å²) in [4.78, 5) is 12.2. The average molecular weight is 337 g/mol. The van der Waals surface area contributed by atoms with E-state index in [4.69, 9.17) is 9.47 Å². The first-order valence-corrected chi connectivity index (χ1v) is 6.67. The highest BCUT2D eigenvalue weighted by molar-refractivity contribution is 9.10. The Balaban J connectivity index is 2.42. The second kappa shape index (κ2) is 5.96. The number of rotatable bonds is 3. The quantitative estimate of drug-likeness (QED) is 0.686. The van der Waals surface area contributed by atoms with Gasteiger partial charge < -0.3 is 14.6 Å². The van der Waals surface area contributed by atoms with Gasteiger partial charge in [-0.2, -0.15) is 0 Å². The molecule has 4 nitrogen and oxygen atoms in total. The van der Waals surface area contributed by atoms with Crippen LogP contribution in [0.5, 0.6) is 17.2 Å². The van der Waals surface area contributed by atoms with E-state index in [0.717, 1.165) is 0 Å². The summed E-state index contributed by atoms with van der Waals surface area (Å²) < 4.78 is 10.8. The van der Waals surface area contributed by atoms with Crippen molar-refractivity contribution in [2.24, 2.45) is 0 Å². The zero-order valence-electron chi connectivity index (χ0n) is 11.0. The van der Waals surface area contributed by atoms with Gasteiger partial charge >= 0.3 is 5.97 Å². The van der Waals surface area contributed by atoms with Crippen LogP contribution >= 0.6 is 15.9 Å². The van der Waals surface area contributed by atoms with Crippen LogP contribution in [0.25, 0.3) is 0 Å². The minimum atomic E-state index is -0.634. The molecule has 0 saturated heterocycles. The van der Waals surface area contributed by atoms with Crippen LogP contribution in [-0.2, 0) is 0 Å².